The number of aromatic nitrogens is 3. The molecule has 7 nitrogen and oxygen atoms in total. The highest BCUT2D eigenvalue weighted by atomic mass is 15.4. The lowest BCUT2D eigenvalue weighted by atomic mass is 10.2. The molecule has 1 aromatic heterocycles. The minimum Gasteiger partial charge on any atom is -0.363 e. The molecule has 0 saturated carbocycles. The van der Waals surface area contributed by atoms with Crippen LogP contribution in [0.5, 0.6) is 0 Å². The van der Waals surface area contributed by atoms with Crippen molar-refractivity contribution in [1.29, 1.82) is 0 Å². The van der Waals surface area contributed by atoms with Gasteiger partial charge in [0.15, 0.2) is 12.0 Å². The first-order valence-corrected chi connectivity index (χ1v) is 4.17. The predicted molar refractivity (Wildman–Crippen MR) is 50.6 cm³/mol. The summed E-state index contributed by atoms with van der Waals surface area (Å²) < 4.78 is 1.62. The minimum absolute atomic E-state index is 0.0262. The molecular weight excluding hydrogens is 182 g/mol. The van der Waals surface area contributed by atoms with E-state index < -0.39 is 0 Å². The van der Waals surface area contributed by atoms with E-state index in [0.29, 0.717) is 0 Å². The summed E-state index contributed by atoms with van der Waals surface area (Å²) in [5, 5.41) is 7.09. The molecule has 0 aliphatic carbocycles. The lowest BCUT2D eigenvalue weighted by Crippen LogP contribution is -2.44. The number of rotatable bonds is 0. The van der Waals surface area contributed by atoms with E-state index in [4.69, 9.17) is 0 Å². The summed E-state index contributed by atoms with van der Waals surface area (Å²) in [5.41, 5.74) is 0. The first kappa shape index (κ1) is 7.36. The third-order valence-corrected chi connectivity index (χ3v) is 2.12. The van der Waals surface area contributed by atoms with Crippen molar-refractivity contribution in [3.63, 3.8) is 0 Å². The second-order valence-electron chi connectivity index (χ2n) is 2.93. The summed E-state index contributed by atoms with van der Waals surface area (Å²) in [4.78, 5) is 16.3. The van der Waals surface area contributed by atoms with Gasteiger partial charge in [0.05, 0.1) is 6.34 Å². The van der Waals surface area contributed by atoms with E-state index in [1.807, 2.05) is 0 Å². The Labute approximate surface area is 79.3 Å². The van der Waals surface area contributed by atoms with Crippen molar-refractivity contribution in [2.24, 2.45) is 15.0 Å². The molecule has 2 aliphatic heterocycles. The third kappa shape index (κ3) is 0.951. The topological polar surface area (TPSA) is 79.8 Å². The molecule has 2 aliphatic rings. The van der Waals surface area contributed by atoms with Crippen LogP contribution >= 0.6 is 0 Å². The van der Waals surface area contributed by atoms with E-state index in [0.717, 1.165) is 5.84 Å². The Morgan fingerprint density at radius 3 is 3.21 bits per heavy atom. The van der Waals surface area contributed by atoms with E-state index in [1.165, 1.54) is 12.7 Å². The van der Waals surface area contributed by atoms with Crippen LogP contribution in [0.2, 0.25) is 0 Å². The van der Waals surface area contributed by atoms with Gasteiger partial charge in [-0.05, 0) is 0 Å². The summed E-state index contributed by atoms with van der Waals surface area (Å²) in [7, 11) is 0. The monoisotopic (exact) mass is 189 g/mol. The van der Waals surface area contributed by atoms with Crippen molar-refractivity contribution in [2.75, 3.05) is 0 Å². The van der Waals surface area contributed by atoms with Crippen molar-refractivity contribution in [1.82, 2.24) is 20.1 Å². The van der Waals surface area contributed by atoms with Gasteiger partial charge in [0, 0.05) is 0 Å². The quantitative estimate of drug-likeness (QED) is 0.562. The lowest BCUT2D eigenvalue weighted by Gasteiger charge is -2.19. The third-order valence-electron chi connectivity index (χ3n) is 2.12. The van der Waals surface area contributed by atoms with E-state index in [2.05, 4.69) is 30.4 Å². The maximum absolute atomic E-state index is 4.16. The van der Waals surface area contributed by atoms with Crippen molar-refractivity contribution in [3.8, 4) is 0 Å². The van der Waals surface area contributed by atoms with E-state index in [1.54, 1.807) is 17.3 Å². The molecule has 2 unspecified atom stereocenters. The van der Waals surface area contributed by atoms with E-state index >= 15 is 0 Å². The highest BCUT2D eigenvalue weighted by Crippen LogP contribution is 2.11. The van der Waals surface area contributed by atoms with Gasteiger partial charge in [-0.15, -0.1) is 0 Å². The van der Waals surface area contributed by atoms with Gasteiger partial charge in [-0.3, -0.25) is 0 Å². The molecule has 70 valence electrons. The first-order chi connectivity index (χ1) is 6.95. The highest BCUT2D eigenvalue weighted by molar-refractivity contribution is 5.98. The lowest BCUT2D eigenvalue weighted by molar-refractivity contribution is 0.629. The van der Waals surface area contributed by atoms with Gasteiger partial charge in [0.25, 0.3) is 0 Å². The fraction of sp³-hybridized carbons (Fsp3) is 0.286. The number of hydrogen-bond donors (Lipinski definition) is 1. The molecule has 3 heterocycles. The molecule has 14 heavy (non-hydrogen) atoms. The van der Waals surface area contributed by atoms with Gasteiger partial charge in [0.1, 0.15) is 25.0 Å². The largest absolute Gasteiger partial charge is 0.363 e. The van der Waals surface area contributed by atoms with Crippen LogP contribution in [0, 0.1) is 0 Å². The number of nitrogens with zero attached hydrogens (tertiary/aromatic N) is 6. The Bertz CT molecular complexity index is 415. The zero-order valence-electron chi connectivity index (χ0n) is 7.15. The van der Waals surface area contributed by atoms with Crippen molar-refractivity contribution < 1.29 is 0 Å². The zero-order chi connectivity index (χ0) is 9.38. The number of aliphatic imine (C=N–C) groups is 3. The molecule has 1 N–H and O–H groups in total. The second-order valence-corrected chi connectivity index (χ2v) is 2.93. The molecule has 0 bridgehead atoms. The Hall–Kier alpha value is -2.05. The molecule has 0 fully saturated rings. The molecule has 7 heteroatoms. The summed E-state index contributed by atoms with van der Waals surface area (Å²) in [6.07, 6.45) is 6.10. The average Bonchev–Trinajstić information content (AvgIpc) is 2.88. The van der Waals surface area contributed by atoms with Crippen LogP contribution in [-0.4, -0.2) is 45.5 Å². The SMILES string of the molecule is C1=NC2N=CNC2C(n2cncn2)=N1. The van der Waals surface area contributed by atoms with Crippen LogP contribution in [-0.2, 0) is 0 Å². The Morgan fingerprint density at radius 1 is 1.36 bits per heavy atom. The maximum Gasteiger partial charge on any atom is 0.170 e. The van der Waals surface area contributed by atoms with Crippen molar-refractivity contribution >= 4 is 18.5 Å². The Balaban J connectivity index is 2.00. The molecule has 0 saturated heterocycles. The summed E-state index contributed by atoms with van der Waals surface area (Å²) >= 11 is 0. The zero-order valence-corrected chi connectivity index (χ0v) is 7.15. The number of nitrogens with one attached hydrogen (secondary N) is 1. The molecular formula is C7H7N7. The summed E-state index contributed by atoms with van der Waals surface area (Å²) in [6, 6.07) is -0.0262. The van der Waals surface area contributed by atoms with Crippen LogP contribution in [0.3, 0.4) is 0 Å². The Kier molecular flexibility index (Phi) is 1.43. The van der Waals surface area contributed by atoms with Gasteiger partial charge in [-0.25, -0.2) is 24.6 Å². The number of hydrogen-bond acceptors (Lipinski definition) is 6. The first-order valence-electron chi connectivity index (χ1n) is 4.17. The van der Waals surface area contributed by atoms with E-state index in [-0.39, 0.29) is 12.2 Å². The second kappa shape index (κ2) is 2.72. The summed E-state index contributed by atoms with van der Waals surface area (Å²) in [6.45, 7) is 0. The predicted octanol–water partition coefficient (Wildman–Crippen LogP) is -1.11. The minimum atomic E-state index is -0.119. The van der Waals surface area contributed by atoms with Gasteiger partial charge >= 0.3 is 0 Å². The van der Waals surface area contributed by atoms with Crippen LogP contribution in [0.1, 0.15) is 0 Å². The molecule has 1 aromatic rings. The molecule has 2 atom stereocenters. The van der Waals surface area contributed by atoms with Gasteiger partial charge in [-0.1, -0.05) is 0 Å². The van der Waals surface area contributed by atoms with Crippen molar-refractivity contribution in [2.45, 2.75) is 12.2 Å². The highest BCUT2D eigenvalue weighted by Gasteiger charge is 2.31. The normalized spacial score (nSPS) is 28.4. The smallest absolute Gasteiger partial charge is 0.170 e. The van der Waals surface area contributed by atoms with Gasteiger partial charge in [-0.2, -0.15) is 5.10 Å². The maximum atomic E-state index is 4.16. The van der Waals surface area contributed by atoms with Gasteiger partial charge < -0.3 is 5.32 Å². The fourth-order valence-electron chi connectivity index (χ4n) is 1.47. The average molecular weight is 189 g/mol. The number of fused-ring (bicyclic) bond motifs is 1. The van der Waals surface area contributed by atoms with E-state index in [9.17, 15) is 0 Å². The van der Waals surface area contributed by atoms with Gasteiger partial charge in [0.2, 0.25) is 0 Å². The summed E-state index contributed by atoms with van der Waals surface area (Å²) in [5.74, 6) is 0.764. The Morgan fingerprint density at radius 2 is 2.36 bits per heavy atom. The molecule has 0 radical (unpaired) electrons. The van der Waals surface area contributed by atoms with Crippen LogP contribution in [0.25, 0.3) is 0 Å². The van der Waals surface area contributed by atoms with Crippen LogP contribution < -0.4 is 5.32 Å². The molecule has 0 amide bonds. The van der Waals surface area contributed by atoms with Crippen molar-refractivity contribution in [3.05, 3.63) is 12.7 Å². The fourth-order valence-corrected chi connectivity index (χ4v) is 1.47. The standard InChI is InChI=1S/C7H7N7/c1-8-4-14(13-1)7-5-6(10-2-9-5)11-3-12-7/h1-6H,(H,9,10). The van der Waals surface area contributed by atoms with Crippen LogP contribution in [0.15, 0.2) is 27.6 Å². The molecule has 0 spiro atoms. The molecule has 0 aromatic carbocycles. The van der Waals surface area contributed by atoms with Crippen LogP contribution in [0.4, 0.5) is 0 Å². The molecule has 3 rings (SSSR count).